The first-order valence-corrected chi connectivity index (χ1v) is 4.04. The monoisotopic (exact) mass is 154 g/mol. The maximum absolute atomic E-state index is 10.4. The first kappa shape index (κ1) is 8.38. The molecular weight excluding hydrogens is 146 g/mol. The second-order valence-corrected chi connectivity index (χ2v) is 2.79. The summed E-state index contributed by atoms with van der Waals surface area (Å²) in [6, 6.07) is 0. The van der Waals surface area contributed by atoms with Gasteiger partial charge in [-0.25, -0.2) is 0 Å². The van der Waals surface area contributed by atoms with Crippen LogP contribution in [0.25, 0.3) is 0 Å². The van der Waals surface area contributed by atoms with Crippen molar-refractivity contribution < 1.29 is 9.42 Å². The fraction of sp³-hybridized carbons (Fsp3) is 0.750. The van der Waals surface area contributed by atoms with Crippen LogP contribution in [0.5, 0.6) is 0 Å². The van der Waals surface area contributed by atoms with Crippen molar-refractivity contribution >= 4 is 25.4 Å². The van der Waals surface area contributed by atoms with Crippen molar-refractivity contribution in [1.29, 1.82) is 0 Å². The second kappa shape index (κ2) is 5.52. The summed E-state index contributed by atoms with van der Waals surface area (Å²) < 4.78 is 4.66. The van der Waals surface area contributed by atoms with Gasteiger partial charge >= 0.3 is 0 Å². The lowest BCUT2D eigenvalue weighted by Crippen LogP contribution is -1.95. The Morgan fingerprint density at radius 2 is 2.50 bits per heavy atom. The number of alkyl halides is 1. The first-order chi connectivity index (χ1) is 3.81. The molecule has 0 aromatic carbocycles. The van der Waals surface area contributed by atoms with Crippen molar-refractivity contribution in [2.75, 3.05) is 12.5 Å². The van der Waals surface area contributed by atoms with Crippen LogP contribution in [0.1, 0.15) is 6.92 Å². The lowest BCUT2D eigenvalue weighted by molar-refractivity contribution is -0.171. The van der Waals surface area contributed by atoms with Crippen molar-refractivity contribution in [1.82, 2.24) is 0 Å². The van der Waals surface area contributed by atoms with Crippen LogP contribution in [0.3, 0.4) is 0 Å². The molecule has 4 heteroatoms. The Kier molecular flexibility index (Phi) is 5.78. The smallest absolute Gasteiger partial charge is 0.216 e. The molecule has 0 heterocycles. The topological polar surface area (TPSA) is 32.3 Å². The van der Waals surface area contributed by atoms with Crippen molar-refractivity contribution in [3.05, 3.63) is 0 Å². The molecule has 1 atom stereocenters. The highest BCUT2D eigenvalue weighted by molar-refractivity contribution is 7.44. The van der Waals surface area contributed by atoms with Crippen LogP contribution in [0.4, 0.5) is 0 Å². The molecule has 0 fully saturated rings. The SMILES string of the molecule is C/C=[P+](\[O-])OCCCl. The summed E-state index contributed by atoms with van der Waals surface area (Å²) in [5, 5.41) is 0. The first-order valence-electron chi connectivity index (χ1n) is 2.26. The fourth-order valence-electron chi connectivity index (χ4n) is 0.199. The molecule has 1 unspecified atom stereocenters. The van der Waals surface area contributed by atoms with E-state index in [1.54, 1.807) is 6.92 Å². The van der Waals surface area contributed by atoms with E-state index in [0.29, 0.717) is 12.5 Å². The van der Waals surface area contributed by atoms with Gasteiger partial charge in [-0.1, -0.05) is 0 Å². The van der Waals surface area contributed by atoms with E-state index in [1.807, 2.05) is 0 Å². The zero-order valence-electron chi connectivity index (χ0n) is 4.63. The molecule has 0 amide bonds. The summed E-state index contributed by atoms with van der Waals surface area (Å²) in [6.45, 7) is 2.05. The Balaban J connectivity index is 3.12. The van der Waals surface area contributed by atoms with Crippen LogP contribution < -0.4 is 4.89 Å². The highest BCUT2D eigenvalue weighted by Gasteiger charge is 1.90. The molecule has 0 spiro atoms. The molecule has 0 aliphatic rings. The van der Waals surface area contributed by atoms with Gasteiger partial charge in [0.1, 0.15) is 12.4 Å². The molecule has 0 aromatic heterocycles. The average Bonchev–Trinajstić information content (AvgIpc) is 1.83. The van der Waals surface area contributed by atoms with Crippen molar-refractivity contribution in [2.24, 2.45) is 0 Å². The molecular formula is C4H8ClO2P. The lowest BCUT2D eigenvalue weighted by Gasteiger charge is -1.91. The van der Waals surface area contributed by atoms with E-state index in [1.165, 1.54) is 5.80 Å². The Morgan fingerprint density at radius 3 is 2.88 bits per heavy atom. The minimum absolute atomic E-state index is 0.362. The lowest BCUT2D eigenvalue weighted by atomic mass is 10.9. The standard InChI is InChI=1S/C4H8ClO2P/c1-2-8(6)7-4-3-5/h2H,3-4H2,1H3. The van der Waals surface area contributed by atoms with Gasteiger partial charge in [0, 0.05) is 0 Å². The van der Waals surface area contributed by atoms with Crippen molar-refractivity contribution in [3.63, 3.8) is 0 Å². The Bertz CT molecular complexity index is 84.1. The summed E-state index contributed by atoms with van der Waals surface area (Å²) >= 11 is 5.24. The molecule has 0 saturated carbocycles. The van der Waals surface area contributed by atoms with E-state index in [9.17, 15) is 4.89 Å². The Hall–Kier alpha value is 0.380. The Morgan fingerprint density at radius 1 is 1.88 bits per heavy atom. The zero-order valence-corrected chi connectivity index (χ0v) is 6.28. The van der Waals surface area contributed by atoms with Crippen LogP contribution in [0.15, 0.2) is 0 Å². The predicted octanol–water partition coefficient (Wildman–Crippen LogP) is 0.736. The minimum atomic E-state index is -1.54. The molecule has 0 N–H and O–H groups in total. The number of rotatable bonds is 3. The highest BCUT2D eigenvalue weighted by Crippen LogP contribution is 2.09. The molecule has 0 aliphatic carbocycles. The van der Waals surface area contributed by atoms with Crippen LogP contribution in [-0.4, -0.2) is 18.3 Å². The van der Waals surface area contributed by atoms with E-state index in [-0.39, 0.29) is 0 Å². The molecule has 0 saturated heterocycles. The maximum atomic E-state index is 10.4. The van der Waals surface area contributed by atoms with Crippen LogP contribution in [-0.2, 0) is 4.52 Å². The molecule has 0 radical (unpaired) electrons. The largest absolute Gasteiger partial charge is 0.603 e. The normalized spacial score (nSPS) is 12.1. The van der Waals surface area contributed by atoms with Gasteiger partial charge in [0.25, 0.3) is 0 Å². The second-order valence-electron chi connectivity index (χ2n) is 1.07. The number of hydrogen-bond acceptors (Lipinski definition) is 2. The fourth-order valence-corrected chi connectivity index (χ4v) is 0.804. The number of hydrogen-bond donors (Lipinski definition) is 0. The van der Waals surface area contributed by atoms with Crippen LogP contribution in [0.2, 0.25) is 0 Å². The van der Waals surface area contributed by atoms with E-state index in [2.05, 4.69) is 4.52 Å². The third-order valence-corrected chi connectivity index (χ3v) is 1.52. The van der Waals surface area contributed by atoms with E-state index in [4.69, 9.17) is 11.6 Å². The van der Waals surface area contributed by atoms with Gasteiger partial charge in [-0.05, 0) is 6.92 Å². The molecule has 0 aliphatic heterocycles. The van der Waals surface area contributed by atoms with Gasteiger partial charge in [0.05, 0.1) is 5.88 Å². The van der Waals surface area contributed by atoms with Gasteiger partial charge in [-0.2, -0.15) is 4.52 Å². The molecule has 8 heavy (non-hydrogen) atoms. The third kappa shape index (κ3) is 4.54. The summed E-state index contributed by atoms with van der Waals surface area (Å²) in [6.07, 6.45) is 0. The maximum Gasteiger partial charge on any atom is 0.216 e. The van der Waals surface area contributed by atoms with E-state index < -0.39 is 8.00 Å². The summed E-state index contributed by atoms with van der Waals surface area (Å²) in [4.78, 5) is 10.4. The van der Waals surface area contributed by atoms with Crippen molar-refractivity contribution in [3.8, 4) is 0 Å². The molecule has 0 aromatic rings. The van der Waals surface area contributed by atoms with Crippen LogP contribution >= 0.6 is 19.6 Å². The van der Waals surface area contributed by atoms with Gasteiger partial charge < -0.3 is 4.89 Å². The quantitative estimate of drug-likeness (QED) is 0.444. The third-order valence-electron chi connectivity index (χ3n) is 0.506. The van der Waals surface area contributed by atoms with Gasteiger partial charge in [-0.15, -0.1) is 11.6 Å². The van der Waals surface area contributed by atoms with Gasteiger partial charge in [0.15, 0.2) is 0 Å². The predicted molar refractivity (Wildman–Crippen MR) is 35.3 cm³/mol. The molecule has 48 valence electrons. The number of halogens is 1. The average molecular weight is 155 g/mol. The summed E-state index contributed by atoms with van der Waals surface area (Å²) in [5.74, 6) is 1.90. The summed E-state index contributed by atoms with van der Waals surface area (Å²) in [7, 11) is -1.54. The molecule has 2 nitrogen and oxygen atoms in total. The molecule has 0 rings (SSSR count). The minimum Gasteiger partial charge on any atom is -0.603 e. The van der Waals surface area contributed by atoms with Crippen molar-refractivity contribution in [2.45, 2.75) is 6.92 Å². The Labute approximate surface area is 55.0 Å². The van der Waals surface area contributed by atoms with Gasteiger partial charge in [-0.3, -0.25) is 0 Å². The van der Waals surface area contributed by atoms with Gasteiger partial charge in [0.2, 0.25) is 8.00 Å². The molecule has 0 bridgehead atoms. The van der Waals surface area contributed by atoms with E-state index in [0.717, 1.165) is 0 Å². The highest BCUT2D eigenvalue weighted by atomic mass is 35.5. The zero-order chi connectivity index (χ0) is 6.41. The van der Waals surface area contributed by atoms with Crippen LogP contribution in [0, 0.1) is 0 Å². The van der Waals surface area contributed by atoms with E-state index >= 15 is 0 Å². The summed E-state index contributed by atoms with van der Waals surface area (Å²) in [5.41, 5.74) is 0.